The number of aromatic nitrogens is 3. The van der Waals surface area contributed by atoms with E-state index in [-0.39, 0.29) is 10.6 Å². The number of hydrogen-bond donors (Lipinski definition) is 1. The van der Waals surface area contributed by atoms with Gasteiger partial charge in [-0.15, -0.1) is 0 Å². The number of aliphatic imine (C=N–C) groups is 1. The second-order valence-corrected chi connectivity index (χ2v) is 10.6. The van der Waals surface area contributed by atoms with Gasteiger partial charge in [-0.25, -0.2) is 14.4 Å². The van der Waals surface area contributed by atoms with Crippen LogP contribution in [0.1, 0.15) is 26.3 Å². The normalized spacial score (nSPS) is 22.6. The first-order valence-electron chi connectivity index (χ1n) is 9.98. The summed E-state index contributed by atoms with van der Waals surface area (Å²) in [4.78, 5) is 13.2. The first-order chi connectivity index (χ1) is 15.2. The van der Waals surface area contributed by atoms with Crippen molar-refractivity contribution in [1.29, 1.82) is 0 Å². The second kappa shape index (κ2) is 8.09. The number of benzene rings is 1. The van der Waals surface area contributed by atoms with E-state index in [4.69, 9.17) is 20.0 Å². The molecule has 1 aromatic carbocycles. The third-order valence-electron chi connectivity index (χ3n) is 5.65. The van der Waals surface area contributed by atoms with Crippen LogP contribution in [0.3, 0.4) is 0 Å². The van der Waals surface area contributed by atoms with E-state index in [0.29, 0.717) is 45.7 Å². The highest BCUT2D eigenvalue weighted by Crippen LogP contribution is 2.38. The number of nitrogens with zero attached hydrogens (tertiary/aromatic N) is 5. The fourth-order valence-electron chi connectivity index (χ4n) is 3.59. The summed E-state index contributed by atoms with van der Waals surface area (Å²) >= 11 is 0. The van der Waals surface area contributed by atoms with Gasteiger partial charge >= 0.3 is 0 Å². The summed E-state index contributed by atoms with van der Waals surface area (Å²) in [5, 5.41) is 4.06. The van der Waals surface area contributed by atoms with E-state index < -0.39 is 16.2 Å². The Balaban J connectivity index is 1.73. The van der Waals surface area contributed by atoms with Crippen molar-refractivity contribution >= 4 is 16.5 Å². The van der Waals surface area contributed by atoms with E-state index in [0.717, 1.165) is 0 Å². The summed E-state index contributed by atoms with van der Waals surface area (Å²) in [5.74, 6) is 2.10. The van der Waals surface area contributed by atoms with Crippen LogP contribution in [0.4, 0.5) is 4.39 Å². The number of rotatable bonds is 4. The average molecular weight is 457 g/mol. The summed E-state index contributed by atoms with van der Waals surface area (Å²) in [6, 6.07) is 6.51. The molecule has 2 atom stereocenters. The number of halogens is 1. The van der Waals surface area contributed by atoms with Crippen molar-refractivity contribution in [3.8, 4) is 28.6 Å². The van der Waals surface area contributed by atoms with Crippen LogP contribution in [0.5, 0.6) is 5.75 Å². The predicted octanol–water partition coefficient (Wildman–Crippen LogP) is 3.74. The Hall–Kier alpha value is -3.14. The Bertz CT molecular complexity index is 1220. The molecule has 2 aromatic heterocycles. The highest BCUT2D eigenvalue weighted by Gasteiger charge is 2.42. The van der Waals surface area contributed by atoms with Crippen LogP contribution in [0.2, 0.25) is 0 Å². The topological polar surface area (TPSA) is 112 Å². The first kappa shape index (κ1) is 22.1. The zero-order valence-corrected chi connectivity index (χ0v) is 19.4. The maximum absolute atomic E-state index is 15.0. The number of methoxy groups -OCH3 is 1. The van der Waals surface area contributed by atoms with Crippen LogP contribution < -0.4 is 10.5 Å². The minimum absolute atomic E-state index is 0.356. The van der Waals surface area contributed by atoms with E-state index in [9.17, 15) is 4.39 Å². The van der Waals surface area contributed by atoms with Crippen LogP contribution >= 0.6 is 0 Å². The van der Waals surface area contributed by atoms with E-state index in [1.807, 2.05) is 20.8 Å². The number of nitrogens with two attached hydrogens (primary N) is 1. The van der Waals surface area contributed by atoms with E-state index in [1.165, 1.54) is 6.07 Å². The molecule has 0 fully saturated rings. The molecule has 1 aliphatic heterocycles. The summed E-state index contributed by atoms with van der Waals surface area (Å²) in [6.45, 7) is 5.93. The molecular weight excluding hydrogens is 431 g/mol. The molecule has 1 aliphatic rings. The largest absolute Gasteiger partial charge is 0.494 e. The minimum Gasteiger partial charge on any atom is -0.494 e. The molecular formula is C22H25FN6O2S. The molecule has 0 amide bonds. The molecule has 4 rings (SSSR count). The lowest BCUT2D eigenvalue weighted by molar-refractivity contribution is 0.410. The third kappa shape index (κ3) is 3.79. The van der Waals surface area contributed by atoms with Crippen molar-refractivity contribution in [1.82, 2.24) is 15.1 Å². The molecule has 168 valence electrons. The Morgan fingerprint density at radius 2 is 1.91 bits per heavy atom. The molecule has 10 heteroatoms. The van der Waals surface area contributed by atoms with Crippen molar-refractivity contribution in [2.45, 2.75) is 31.1 Å². The maximum Gasteiger partial charge on any atom is 0.181 e. The molecule has 2 N–H and O–H groups in total. The average Bonchev–Trinajstić information content (AvgIpc) is 3.27. The summed E-state index contributed by atoms with van der Waals surface area (Å²) in [5.41, 5.74) is 7.03. The standard InChI is InChI=1S/C22H25FN6O2S/c1-21(2)20(24)28-22(3,12-32(21)25-4)15-8-13(6-7-16(15)23)18-9-17(29-31-18)19-26-10-14(30-5)11-27-19/h6-11H,12H2,1-5H3,(H2,24,28)/t22-,32?/m0/s1. The Morgan fingerprint density at radius 3 is 2.56 bits per heavy atom. The number of hydrogen-bond acceptors (Lipinski definition) is 8. The molecule has 0 spiro atoms. The molecule has 0 bridgehead atoms. The van der Waals surface area contributed by atoms with Crippen molar-refractivity contribution in [2.24, 2.45) is 15.1 Å². The van der Waals surface area contributed by atoms with Gasteiger partial charge in [0, 0.05) is 30.0 Å². The number of ether oxygens (including phenoxy) is 1. The van der Waals surface area contributed by atoms with Crippen molar-refractivity contribution in [3.05, 3.63) is 48.0 Å². The van der Waals surface area contributed by atoms with Crippen LogP contribution in [-0.2, 0) is 16.2 Å². The van der Waals surface area contributed by atoms with Gasteiger partial charge in [-0.05, 0) is 39.0 Å². The van der Waals surface area contributed by atoms with Gasteiger partial charge in [0.25, 0.3) is 0 Å². The third-order valence-corrected chi connectivity index (χ3v) is 8.31. The van der Waals surface area contributed by atoms with Gasteiger partial charge in [-0.1, -0.05) is 15.8 Å². The summed E-state index contributed by atoms with van der Waals surface area (Å²) < 4.78 is 29.7. The molecule has 8 nitrogen and oxygen atoms in total. The minimum atomic E-state index is -0.843. The Morgan fingerprint density at radius 1 is 1.19 bits per heavy atom. The van der Waals surface area contributed by atoms with E-state index >= 15 is 0 Å². The first-order valence-corrected chi connectivity index (χ1v) is 11.3. The van der Waals surface area contributed by atoms with Gasteiger partial charge in [0.15, 0.2) is 23.0 Å². The fourth-order valence-corrected chi connectivity index (χ4v) is 5.58. The molecule has 3 heterocycles. The molecule has 0 saturated heterocycles. The van der Waals surface area contributed by atoms with Crippen molar-refractivity contribution in [2.75, 3.05) is 19.9 Å². The van der Waals surface area contributed by atoms with Gasteiger partial charge in [0.1, 0.15) is 11.7 Å². The highest BCUT2D eigenvalue weighted by atomic mass is 32.2. The predicted molar refractivity (Wildman–Crippen MR) is 123 cm³/mol. The quantitative estimate of drug-likeness (QED) is 0.640. The van der Waals surface area contributed by atoms with Gasteiger partial charge < -0.3 is 15.0 Å². The van der Waals surface area contributed by atoms with E-state index in [1.54, 1.807) is 44.8 Å². The van der Waals surface area contributed by atoms with E-state index in [2.05, 4.69) is 19.5 Å². The van der Waals surface area contributed by atoms with Crippen LogP contribution in [-0.4, -0.2) is 45.6 Å². The monoisotopic (exact) mass is 456 g/mol. The smallest absolute Gasteiger partial charge is 0.181 e. The molecule has 0 radical (unpaired) electrons. The summed E-state index contributed by atoms with van der Waals surface area (Å²) in [6.07, 6.45) is 3.10. The highest BCUT2D eigenvalue weighted by molar-refractivity contribution is 7.89. The van der Waals surface area contributed by atoms with Crippen molar-refractivity contribution in [3.63, 3.8) is 0 Å². The van der Waals surface area contributed by atoms with Crippen molar-refractivity contribution < 1.29 is 13.7 Å². The van der Waals surface area contributed by atoms with Gasteiger partial charge in [0.05, 0.1) is 29.8 Å². The Labute approximate surface area is 188 Å². The lowest BCUT2D eigenvalue weighted by Crippen LogP contribution is -2.51. The molecule has 32 heavy (non-hydrogen) atoms. The van der Waals surface area contributed by atoms with Crippen LogP contribution in [0.25, 0.3) is 22.8 Å². The van der Waals surface area contributed by atoms with Crippen LogP contribution in [0, 0.1) is 5.82 Å². The molecule has 3 aromatic rings. The molecule has 0 aliphatic carbocycles. The maximum atomic E-state index is 15.0. The van der Waals surface area contributed by atoms with Gasteiger partial charge in [-0.3, -0.25) is 9.36 Å². The molecule has 0 saturated carbocycles. The fraction of sp³-hybridized carbons (Fsp3) is 0.364. The molecule has 1 unspecified atom stereocenters. The Kier molecular flexibility index (Phi) is 5.58. The SMILES string of the molecule is C/N=S1/C[C@@](C)(c2cc(-c3cc(-c4ncc(OC)cn4)no3)ccc2F)N=C(N)C1(C)C. The zero-order valence-electron chi connectivity index (χ0n) is 18.6. The van der Waals surface area contributed by atoms with Gasteiger partial charge in [0.2, 0.25) is 0 Å². The van der Waals surface area contributed by atoms with Crippen LogP contribution in [0.15, 0.2) is 50.5 Å². The lowest BCUT2D eigenvalue weighted by Gasteiger charge is -2.40. The second-order valence-electron chi connectivity index (χ2n) is 8.19. The van der Waals surface area contributed by atoms with Gasteiger partial charge in [-0.2, -0.15) is 0 Å². The lowest BCUT2D eigenvalue weighted by atomic mass is 9.91. The summed E-state index contributed by atoms with van der Waals surface area (Å²) in [7, 11) is 2.91. The number of amidine groups is 1. The zero-order chi connectivity index (χ0) is 23.1.